The van der Waals surface area contributed by atoms with Crippen LogP contribution in [0, 0.1) is 26.0 Å². The summed E-state index contributed by atoms with van der Waals surface area (Å²) in [4.78, 5) is 21.0. The van der Waals surface area contributed by atoms with E-state index in [9.17, 15) is 41.5 Å². The number of nitro groups is 2. The summed E-state index contributed by atoms with van der Waals surface area (Å²) in [5, 5.41) is 31.3. The number of hydrogen-bond acceptors (Lipinski definition) is 10. The lowest BCUT2D eigenvalue weighted by molar-refractivity contribution is -0.387. The van der Waals surface area contributed by atoms with Gasteiger partial charge in [0.1, 0.15) is 5.69 Å². The molecule has 0 bridgehead atoms. The number of methoxy groups -OCH3 is 1. The molecule has 0 atom stereocenters. The van der Waals surface area contributed by atoms with E-state index in [-0.39, 0.29) is 22.7 Å². The van der Waals surface area contributed by atoms with Crippen LogP contribution in [0.2, 0.25) is 0 Å². The minimum atomic E-state index is -4.05. The van der Waals surface area contributed by atoms with Gasteiger partial charge in [0.25, 0.3) is 5.69 Å². The van der Waals surface area contributed by atoms with Gasteiger partial charge in [-0.1, -0.05) is 0 Å². The first-order valence-electron chi connectivity index (χ1n) is 10.6. The average Bonchev–Trinajstić information content (AvgIpc) is 2.82. The number of primary sulfonamides is 2. The standard InChI is InChI=1S/C14H21N3O5S.C6H5FN2O4S/c1-16(10-3-5-11(22-2)6-4-10)13-8-7-12(23(15,20)21)9-14(13)17(18)19;7-5-2-1-4(14(8,12)13)3-6(5)9(10)11/h7-11H,3-6H2,1-2H3,(H2,15,20,21);1-3H,(H2,8,12,13)/t10-,11-;. The molecule has 1 fully saturated rings. The van der Waals surface area contributed by atoms with Crippen molar-refractivity contribution < 1.29 is 35.8 Å². The summed E-state index contributed by atoms with van der Waals surface area (Å²) in [6, 6.07) is 6.03. The second kappa shape index (κ2) is 11.9. The molecule has 14 nitrogen and oxygen atoms in total. The number of anilines is 1. The highest BCUT2D eigenvalue weighted by Gasteiger charge is 2.28. The Morgan fingerprint density at radius 3 is 1.78 bits per heavy atom. The van der Waals surface area contributed by atoms with Gasteiger partial charge in [-0.05, 0) is 49.9 Å². The van der Waals surface area contributed by atoms with Gasteiger partial charge in [0, 0.05) is 32.3 Å². The van der Waals surface area contributed by atoms with Gasteiger partial charge in [-0.3, -0.25) is 20.2 Å². The molecule has 37 heavy (non-hydrogen) atoms. The van der Waals surface area contributed by atoms with Crippen molar-refractivity contribution in [3.05, 3.63) is 62.4 Å². The zero-order chi connectivity index (χ0) is 28.1. The van der Waals surface area contributed by atoms with Crippen molar-refractivity contribution in [1.82, 2.24) is 0 Å². The van der Waals surface area contributed by atoms with Crippen LogP contribution in [-0.4, -0.2) is 53.0 Å². The smallest absolute Gasteiger partial charge is 0.306 e. The Balaban J connectivity index is 0.000000294. The number of rotatable bonds is 7. The Labute approximate surface area is 212 Å². The predicted octanol–water partition coefficient (Wildman–Crippen LogP) is 2.02. The van der Waals surface area contributed by atoms with E-state index in [1.165, 1.54) is 12.1 Å². The van der Waals surface area contributed by atoms with E-state index in [2.05, 4.69) is 0 Å². The van der Waals surface area contributed by atoms with Gasteiger partial charge in [-0.25, -0.2) is 27.1 Å². The van der Waals surface area contributed by atoms with Crippen molar-refractivity contribution in [1.29, 1.82) is 0 Å². The van der Waals surface area contributed by atoms with Gasteiger partial charge < -0.3 is 9.64 Å². The number of ether oxygens (including phenoxy) is 1. The van der Waals surface area contributed by atoms with Gasteiger partial charge in [0.05, 0.1) is 25.7 Å². The third-order valence-corrected chi connectivity index (χ3v) is 7.64. The van der Waals surface area contributed by atoms with Gasteiger partial charge in [0.15, 0.2) is 0 Å². The van der Waals surface area contributed by atoms with Gasteiger partial charge >= 0.3 is 5.69 Å². The summed E-state index contributed by atoms with van der Waals surface area (Å²) in [5.74, 6) is -1.11. The van der Waals surface area contributed by atoms with E-state index in [1.807, 2.05) is 4.90 Å². The SMILES string of the molecule is CO[C@H]1CC[C@H](N(C)c2ccc(S(N)(=O)=O)cc2[N+](=O)[O-])CC1.NS(=O)(=O)c1ccc(F)c([N+](=O)[O-])c1. The summed E-state index contributed by atoms with van der Waals surface area (Å²) in [6.07, 6.45) is 3.76. The maximum Gasteiger partial charge on any atom is 0.306 e. The fourth-order valence-corrected chi connectivity index (χ4v) is 4.87. The largest absolute Gasteiger partial charge is 0.381 e. The number of nitrogens with zero attached hydrogens (tertiary/aromatic N) is 3. The molecule has 204 valence electrons. The van der Waals surface area contributed by atoms with E-state index >= 15 is 0 Å². The lowest BCUT2D eigenvalue weighted by Gasteiger charge is -2.35. The molecule has 0 spiro atoms. The molecule has 0 unspecified atom stereocenters. The summed E-state index contributed by atoms with van der Waals surface area (Å²) in [7, 11) is -4.55. The van der Waals surface area contributed by atoms with E-state index in [1.54, 1.807) is 14.2 Å². The van der Waals surface area contributed by atoms with Crippen LogP contribution in [0.25, 0.3) is 0 Å². The van der Waals surface area contributed by atoms with Crippen LogP contribution in [0.3, 0.4) is 0 Å². The van der Waals surface area contributed by atoms with Gasteiger partial charge in [-0.15, -0.1) is 0 Å². The second-order valence-electron chi connectivity index (χ2n) is 8.15. The molecule has 3 rings (SSSR count). The Kier molecular flexibility index (Phi) is 9.61. The topological polar surface area (TPSA) is 219 Å². The highest BCUT2D eigenvalue weighted by Crippen LogP contribution is 2.34. The first kappa shape index (κ1) is 30.0. The lowest BCUT2D eigenvalue weighted by atomic mass is 9.91. The van der Waals surface area contributed by atoms with Crippen LogP contribution in [0.1, 0.15) is 25.7 Å². The van der Waals surface area contributed by atoms with E-state index in [0.29, 0.717) is 17.8 Å². The maximum atomic E-state index is 12.7. The quantitative estimate of drug-likeness (QED) is 0.368. The molecule has 17 heteroatoms. The molecule has 0 saturated heterocycles. The van der Waals surface area contributed by atoms with E-state index in [0.717, 1.165) is 37.8 Å². The number of nitrogens with two attached hydrogens (primary N) is 2. The van der Waals surface area contributed by atoms with Crippen molar-refractivity contribution in [3.8, 4) is 0 Å². The first-order chi connectivity index (χ1) is 17.1. The number of sulfonamides is 2. The molecule has 1 aliphatic rings. The molecule has 0 aromatic heterocycles. The monoisotopic (exact) mass is 563 g/mol. The number of halogens is 1. The second-order valence-corrected chi connectivity index (χ2v) is 11.3. The maximum absolute atomic E-state index is 12.7. The van der Waals surface area contributed by atoms with E-state index in [4.69, 9.17) is 15.0 Å². The highest BCUT2D eigenvalue weighted by atomic mass is 32.2. The minimum Gasteiger partial charge on any atom is -0.381 e. The van der Waals surface area contributed by atoms with Crippen LogP contribution in [0.15, 0.2) is 46.2 Å². The van der Waals surface area contributed by atoms with Crippen molar-refractivity contribution in [2.45, 2.75) is 47.6 Å². The normalized spacial score (nSPS) is 17.9. The third kappa shape index (κ3) is 7.86. The molecule has 0 aliphatic heterocycles. The van der Waals surface area contributed by atoms with Crippen molar-refractivity contribution in [2.75, 3.05) is 19.1 Å². The van der Waals surface area contributed by atoms with E-state index < -0.39 is 46.3 Å². The molecule has 2 aromatic carbocycles. The Hall–Kier alpha value is -3.25. The molecule has 4 N–H and O–H groups in total. The zero-order valence-electron chi connectivity index (χ0n) is 19.8. The Morgan fingerprint density at radius 2 is 1.35 bits per heavy atom. The number of benzene rings is 2. The van der Waals surface area contributed by atoms with Crippen molar-refractivity contribution in [2.24, 2.45) is 10.3 Å². The van der Waals surface area contributed by atoms with Crippen LogP contribution in [0.4, 0.5) is 21.5 Å². The molecule has 2 aromatic rings. The van der Waals surface area contributed by atoms with Gasteiger partial charge in [-0.2, -0.15) is 4.39 Å². The van der Waals surface area contributed by atoms with Crippen LogP contribution < -0.4 is 15.2 Å². The Morgan fingerprint density at radius 1 is 0.892 bits per heavy atom. The summed E-state index contributed by atoms with van der Waals surface area (Å²) >= 11 is 0. The fourth-order valence-electron chi connectivity index (χ4n) is 3.80. The number of hydrogen-bond donors (Lipinski definition) is 2. The molecule has 0 heterocycles. The molecular formula is C20H26FN5O9S2. The summed E-state index contributed by atoms with van der Waals surface area (Å²) in [6.45, 7) is 0. The summed E-state index contributed by atoms with van der Waals surface area (Å²) < 4.78 is 62.3. The average molecular weight is 564 g/mol. The molecule has 0 radical (unpaired) electrons. The molecule has 1 saturated carbocycles. The highest BCUT2D eigenvalue weighted by molar-refractivity contribution is 7.89. The van der Waals surface area contributed by atoms with Gasteiger partial charge in [0.2, 0.25) is 25.9 Å². The van der Waals surface area contributed by atoms with Crippen LogP contribution >= 0.6 is 0 Å². The molecule has 1 aliphatic carbocycles. The molecule has 0 amide bonds. The van der Waals surface area contributed by atoms with Crippen LogP contribution in [0.5, 0.6) is 0 Å². The third-order valence-electron chi connectivity index (χ3n) is 5.82. The summed E-state index contributed by atoms with van der Waals surface area (Å²) in [5.41, 5.74) is -0.785. The first-order valence-corrected chi connectivity index (χ1v) is 13.7. The minimum absolute atomic E-state index is 0.153. The number of nitro benzene ring substituents is 2. The Bertz CT molecular complexity index is 1380. The predicted molar refractivity (Wildman–Crippen MR) is 130 cm³/mol. The van der Waals surface area contributed by atoms with Crippen molar-refractivity contribution in [3.63, 3.8) is 0 Å². The van der Waals surface area contributed by atoms with Crippen LogP contribution in [-0.2, 0) is 24.8 Å². The van der Waals surface area contributed by atoms with Crippen molar-refractivity contribution >= 4 is 37.1 Å². The zero-order valence-corrected chi connectivity index (χ0v) is 21.4. The fraction of sp³-hybridized carbons (Fsp3) is 0.400. The molecular weight excluding hydrogens is 537 g/mol. The lowest BCUT2D eigenvalue weighted by Crippen LogP contribution is -2.37.